The Labute approximate surface area is 101 Å². The first kappa shape index (κ1) is 14.9. The summed E-state index contributed by atoms with van der Waals surface area (Å²) in [6, 6.07) is 0. The van der Waals surface area contributed by atoms with Crippen LogP contribution in [0.4, 0.5) is 13.2 Å². The summed E-state index contributed by atoms with van der Waals surface area (Å²) >= 11 is 0. The average Bonchev–Trinajstić information content (AvgIpc) is 2.57. The molecular formula is C8H12F3N3O3S. The van der Waals surface area contributed by atoms with Gasteiger partial charge in [-0.05, 0) is 6.92 Å². The normalized spacial score (nSPS) is 12.9. The number of sulfonamides is 1. The smallest absolute Gasteiger partial charge is 0.390 e. The SMILES string of the molecule is Cc1[nH]nc(S(=O)(=O)NCCC(F)(F)F)c1CO. The van der Waals surface area contributed by atoms with E-state index in [1.54, 1.807) is 4.72 Å². The fourth-order valence-electron chi connectivity index (χ4n) is 1.23. The van der Waals surface area contributed by atoms with E-state index in [1.165, 1.54) is 6.92 Å². The minimum atomic E-state index is -4.44. The predicted octanol–water partition coefficient (Wildman–Crippen LogP) is 0.441. The summed E-state index contributed by atoms with van der Waals surface area (Å²) in [7, 11) is -4.16. The van der Waals surface area contributed by atoms with Crippen molar-refractivity contribution in [3.63, 3.8) is 0 Å². The van der Waals surface area contributed by atoms with Gasteiger partial charge < -0.3 is 5.11 Å². The molecule has 0 bridgehead atoms. The van der Waals surface area contributed by atoms with E-state index < -0.39 is 40.8 Å². The molecule has 0 fully saturated rings. The maximum absolute atomic E-state index is 11.9. The van der Waals surface area contributed by atoms with E-state index in [0.29, 0.717) is 5.69 Å². The molecule has 6 nitrogen and oxygen atoms in total. The van der Waals surface area contributed by atoms with Gasteiger partial charge in [0.1, 0.15) is 0 Å². The van der Waals surface area contributed by atoms with Gasteiger partial charge in [0, 0.05) is 17.8 Å². The highest BCUT2D eigenvalue weighted by atomic mass is 32.2. The third-order valence-electron chi connectivity index (χ3n) is 2.15. The van der Waals surface area contributed by atoms with Gasteiger partial charge >= 0.3 is 6.18 Å². The second-order valence-corrected chi connectivity index (χ2v) is 5.24. The molecule has 104 valence electrons. The van der Waals surface area contributed by atoms with Crippen LogP contribution in [0.1, 0.15) is 17.7 Å². The molecule has 0 aliphatic heterocycles. The lowest BCUT2D eigenvalue weighted by Crippen LogP contribution is -2.29. The number of hydrogen-bond acceptors (Lipinski definition) is 4. The highest BCUT2D eigenvalue weighted by molar-refractivity contribution is 7.89. The zero-order chi connectivity index (χ0) is 14.0. The Morgan fingerprint density at radius 3 is 2.56 bits per heavy atom. The summed E-state index contributed by atoms with van der Waals surface area (Å²) in [5, 5.41) is 14.3. The monoisotopic (exact) mass is 287 g/mol. The molecule has 10 heteroatoms. The Balaban J connectivity index is 2.81. The molecule has 1 heterocycles. The summed E-state index contributed by atoms with van der Waals surface area (Å²) in [5.41, 5.74) is 0.378. The van der Waals surface area contributed by atoms with Gasteiger partial charge in [0.25, 0.3) is 10.0 Å². The second kappa shape index (κ2) is 5.24. The van der Waals surface area contributed by atoms with Crippen LogP contribution in [0.3, 0.4) is 0 Å². The minimum Gasteiger partial charge on any atom is -0.392 e. The van der Waals surface area contributed by atoms with Crippen molar-refractivity contribution in [1.29, 1.82) is 0 Å². The van der Waals surface area contributed by atoms with Crippen molar-refractivity contribution < 1.29 is 26.7 Å². The second-order valence-electron chi connectivity index (χ2n) is 3.55. The largest absolute Gasteiger partial charge is 0.392 e. The number of aromatic amines is 1. The zero-order valence-electron chi connectivity index (χ0n) is 9.37. The molecule has 1 aromatic heterocycles. The Hall–Kier alpha value is -1.13. The number of aromatic nitrogens is 2. The van der Waals surface area contributed by atoms with Crippen molar-refractivity contribution in [3.05, 3.63) is 11.3 Å². The van der Waals surface area contributed by atoms with E-state index in [9.17, 15) is 21.6 Å². The first-order valence-corrected chi connectivity index (χ1v) is 6.37. The number of hydrogen-bond donors (Lipinski definition) is 3. The van der Waals surface area contributed by atoms with Crippen LogP contribution in [0.5, 0.6) is 0 Å². The number of rotatable bonds is 5. The van der Waals surface area contributed by atoms with E-state index in [2.05, 4.69) is 10.2 Å². The van der Waals surface area contributed by atoms with Crippen LogP contribution >= 0.6 is 0 Å². The van der Waals surface area contributed by atoms with Crippen LogP contribution in [-0.2, 0) is 16.6 Å². The van der Waals surface area contributed by atoms with Gasteiger partial charge in [-0.15, -0.1) is 0 Å². The van der Waals surface area contributed by atoms with Crippen LogP contribution in [0, 0.1) is 6.92 Å². The molecule has 0 amide bonds. The number of nitrogens with one attached hydrogen (secondary N) is 2. The van der Waals surface area contributed by atoms with Crippen LogP contribution in [-0.4, -0.2) is 36.4 Å². The number of H-pyrrole nitrogens is 1. The lowest BCUT2D eigenvalue weighted by Gasteiger charge is -2.08. The number of nitrogens with zero attached hydrogens (tertiary/aromatic N) is 1. The third kappa shape index (κ3) is 3.68. The van der Waals surface area contributed by atoms with Gasteiger partial charge in [-0.3, -0.25) is 5.10 Å². The molecule has 1 rings (SSSR count). The van der Waals surface area contributed by atoms with Crippen molar-refractivity contribution in [2.75, 3.05) is 6.54 Å². The molecule has 0 aliphatic rings. The van der Waals surface area contributed by atoms with Gasteiger partial charge in [0.2, 0.25) is 0 Å². The standard InChI is InChI=1S/C8H12F3N3O3S/c1-5-6(4-15)7(14-13-5)18(16,17)12-3-2-8(9,10)11/h12,15H,2-4H2,1H3,(H,13,14). The van der Waals surface area contributed by atoms with E-state index in [1.807, 2.05) is 0 Å². The van der Waals surface area contributed by atoms with Gasteiger partial charge in [0.05, 0.1) is 13.0 Å². The maximum atomic E-state index is 11.9. The number of alkyl halides is 3. The molecule has 0 aliphatic carbocycles. The van der Waals surface area contributed by atoms with E-state index in [0.717, 1.165) is 0 Å². The van der Waals surface area contributed by atoms with Crippen molar-refractivity contribution in [3.8, 4) is 0 Å². The first-order chi connectivity index (χ1) is 8.17. The number of halogens is 3. The fraction of sp³-hybridized carbons (Fsp3) is 0.625. The molecule has 1 aromatic rings. The van der Waals surface area contributed by atoms with Crippen LogP contribution in [0.25, 0.3) is 0 Å². The van der Waals surface area contributed by atoms with Crippen molar-refractivity contribution in [2.24, 2.45) is 0 Å². The van der Waals surface area contributed by atoms with Gasteiger partial charge in [-0.1, -0.05) is 0 Å². The summed E-state index contributed by atoms with van der Waals surface area (Å²) < 4.78 is 60.7. The third-order valence-corrected chi connectivity index (χ3v) is 3.58. The average molecular weight is 287 g/mol. The van der Waals surface area contributed by atoms with Crippen molar-refractivity contribution in [1.82, 2.24) is 14.9 Å². The highest BCUT2D eigenvalue weighted by Gasteiger charge is 2.29. The van der Waals surface area contributed by atoms with E-state index in [4.69, 9.17) is 5.11 Å². The highest BCUT2D eigenvalue weighted by Crippen LogP contribution is 2.20. The predicted molar refractivity (Wildman–Crippen MR) is 55.1 cm³/mol. The summed E-state index contributed by atoms with van der Waals surface area (Å²) in [6.07, 6.45) is -5.71. The quantitative estimate of drug-likeness (QED) is 0.732. The van der Waals surface area contributed by atoms with Gasteiger partial charge in [-0.25, -0.2) is 13.1 Å². The Morgan fingerprint density at radius 2 is 2.06 bits per heavy atom. The minimum absolute atomic E-state index is 0.0366. The number of aryl methyl sites for hydroxylation is 1. The van der Waals surface area contributed by atoms with Crippen LogP contribution in [0.2, 0.25) is 0 Å². The Morgan fingerprint density at radius 1 is 1.44 bits per heavy atom. The van der Waals surface area contributed by atoms with Gasteiger partial charge in [0.15, 0.2) is 5.03 Å². The molecule has 0 atom stereocenters. The molecule has 0 saturated carbocycles. The topological polar surface area (TPSA) is 95.1 Å². The summed E-state index contributed by atoms with van der Waals surface area (Å²) in [5.74, 6) is 0. The number of aliphatic hydroxyl groups excluding tert-OH is 1. The summed E-state index contributed by atoms with van der Waals surface area (Å²) in [4.78, 5) is 0. The molecular weight excluding hydrogens is 275 g/mol. The molecule has 18 heavy (non-hydrogen) atoms. The maximum Gasteiger partial charge on any atom is 0.390 e. The number of aliphatic hydroxyl groups is 1. The van der Waals surface area contributed by atoms with Crippen molar-refractivity contribution >= 4 is 10.0 Å². The Kier molecular flexibility index (Phi) is 4.35. The lowest BCUT2D eigenvalue weighted by molar-refractivity contribution is -0.132. The molecule has 0 saturated heterocycles. The van der Waals surface area contributed by atoms with Crippen molar-refractivity contribution in [2.45, 2.75) is 31.2 Å². The Bertz CT molecular complexity index is 509. The van der Waals surface area contributed by atoms with Crippen LogP contribution < -0.4 is 4.72 Å². The zero-order valence-corrected chi connectivity index (χ0v) is 10.2. The molecule has 3 N–H and O–H groups in total. The van der Waals surface area contributed by atoms with E-state index in [-0.39, 0.29) is 5.56 Å². The van der Waals surface area contributed by atoms with E-state index >= 15 is 0 Å². The molecule has 0 spiro atoms. The fourth-order valence-corrected chi connectivity index (χ4v) is 2.45. The molecule has 0 aromatic carbocycles. The molecule has 0 unspecified atom stereocenters. The van der Waals surface area contributed by atoms with Gasteiger partial charge in [-0.2, -0.15) is 18.3 Å². The summed E-state index contributed by atoms with van der Waals surface area (Å²) in [6.45, 7) is 0.147. The lowest BCUT2D eigenvalue weighted by atomic mass is 10.3. The molecule has 0 radical (unpaired) electrons. The van der Waals surface area contributed by atoms with Crippen LogP contribution in [0.15, 0.2) is 5.03 Å². The first-order valence-electron chi connectivity index (χ1n) is 4.88.